The number of carbonyl (C=O) groups is 1. The monoisotopic (exact) mass is 457 g/mol. The predicted molar refractivity (Wildman–Crippen MR) is 133 cm³/mol. The smallest absolute Gasteiger partial charge is 0.335 e. The minimum absolute atomic E-state index is 0.149. The Morgan fingerprint density at radius 2 is 1.55 bits per heavy atom. The highest BCUT2D eigenvalue weighted by Crippen LogP contribution is 2.26. The Hall–Kier alpha value is -3.44. The number of thiazole rings is 1. The van der Waals surface area contributed by atoms with Crippen molar-refractivity contribution in [1.29, 1.82) is 0 Å². The van der Waals surface area contributed by atoms with Crippen molar-refractivity contribution in [1.82, 2.24) is 4.98 Å². The molecule has 33 heavy (non-hydrogen) atoms. The molecule has 0 fully saturated rings. The molecule has 0 unspecified atom stereocenters. The molecule has 0 atom stereocenters. The quantitative estimate of drug-likeness (QED) is 0.325. The molecular formula is C28H27NO3S. The van der Waals surface area contributed by atoms with E-state index in [2.05, 4.69) is 45.0 Å². The standard InChI is InChI=1S/C28H27NO3S/c1-28(2,3)23-12-6-20(7-13-23)17-32-24-14-10-21(11-15-24)25-18-33-26(29-25)16-19-4-8-22(9-5-19)27(30)31/h4-15,18H,16-17H2,1-3H3,(H,30,31). The van der Waals surface area contributed by atoms with Gasteiger partial charge in [0.2, 0.25) is 0 Å². The summed E-state index contributed by atoms with van der Waals surface area (Å²) < 4.78 is 5.96. The first kappa shape index (κ1) is 22.7. The van der Waals surface area contributed by atoms with Crippen molar-refractivity contribution in [3.8, 4) is 17.0 Å². The Morgan fingerprint density at radius 1 is 0.909 bits per heavy atom. The van der Waals surface area contributed by atoms with Crippen LogP contribution >= 0.6 is 11.3 Å². The second kappa shape index (κ2) is 9.59. The van der Waals surface area contributed by atoms with Crippen LogP contribution in [0.5, 0.6) is 5.75 Å². The van der Waals surface area contributed by atoms with Crippen LogP contribution in [0.15, 0.2) is 78.2 Å². The summed E-state index contributed by atoms with van der Waals surface area (Å²) in [6.45, 7) is 7.17. The highest BCUT2D eigenvalue weighted by atomic mass is 32.1. The van der Waals surface area contributed by atoms with Crippen LogP contribution in [0, 0.1) is 0 Å². The number of nitrogens with zero attached hydrogens (tertiary/aromatic N) is 1. The van der Waals surface area contributed by atoms with Gasteiger partial charge in [-0.05, 0) is 58.5 Å². The van der Waals surface area contributed by atoms with Crippen LogP contribution in [0.2, 0.25) is 0 Å². The molecule has 0 saturated carbocycles. The zero-order valence-corrected chi connectivity index (χ0v) is 19.9. The summed E-state index contributed by atoms with van der Waals surface area (Å²) in [5.74, 6) is -0.0865. The number of aromatic carboxylic acids is 1. The third-order valence-electron chi connectivity index (χ3n) is 5.48. The predicted octanol–water partition coefficient (Wildman–Crippen LogP) is 6.98. The van der Waals surface area contributed by atoms with Crippen molar-refractivity contribution < 1.29 is 14.6 Å². The maximum Gasteiger partial charge on any atom is 0.335 e. The van der Waals surface area contributed by atoms with Crippen molar-refractivity contribution in [3.63, 3.8) is 0 Å². The van der Waals surface area contributed by atoms with Crippen molar-refractivity contribution >= 4 is 17.3 Å². The van der Waals surface area contributed by atoms with Gasteiger partial charge >= 0.3 is 5.97 Å². The zero-order valence-electron chi connectivity index (χ0n) is 19.0. The lowest BCUT2D eigenvalue weighted by atomic mass is 9.87. The molecule has 1 aromatic heterocycles. The third-order valence-corrected chi connectivity index (χ3v) is 6.33. The fourth-order valence-electron chi connectivity index (χ4n) is 3.45. The molecule has 0 aliphatic rings. The van der Waals surface area contributed by atoms with E-state index >= 15 is 0 Å². The highest BCUT2D eigenvalue weighted by molar-refractivity contribution is 7.10. The lowest BCUT2D eigenvalue weighted by Gasteiger charge is -2.19. The zero-order chi connectivity index (χ0) is 23.4. The molecule has 3 aromatic carbocycles. The van der Waals surface area contributed by atoms with Gasteiger partial charge in [0.15, 0.2) is 0 Å². The van der Waals surface area contributed by atoms with Gasteiger partial charge in [-0.3, -0.25) is 0 Å². The minimum Gasteiger partial charge on any atom is -0.489 e. The second-order valence-electron chi connectivity index (χ2n) is 9.07. The van der Waals surface area contributed by atoms with Crippen LogP contribution in [-0.4, -0.2) is 16.1 Å². The molecule has 4 aromatic rings. The molecule has 4 nitrogen and oxygen atoms in total. The molecule has 0 aliphatic carbocycles. The molecular weight excluding hydrogens is 430 g/mol. The largest absolute Gasteiger partial charge is 0.489 e. The molecule has 168 valence electrons. The fraction of sp³-hybridized carbons (Fsp3) is 0.214. The Balaban J connectivity index is 1.35. The van der Waals surface area contributed by atoms with Crippen molar-refractivity contribution in [2.24, 2.45) is 0 Å². The molecule has 1 heterocycles. The van der Waals surface area contributed by atoms with E-state index < -0.39 is 5.97 Å². The van der Waals surface area contributed by atoms with Crippen LogP contribution in [0.4, 0.5) is 0 Å². The Labute approximate surface area is 198 Å². The van der Waals surface area contributed by atoms with E-state index in [4.69, 9.17) is 14.8 Å². The van der Waals surface area contributed by atoms with Crippen LogP contribution < -0.4 is 4.74 Å². The summed E-state index contributed by atoms with van der Waals surface area (Å²) in [5.41, 5.74) is 5.92. The van der Waals surface area contributed by atoms with E-state index in [9.17, 15) is 4.79 Å². The molecule has 0 bridgehead atoms. The van der Waals surface area contributed by atoms with Gasteiger partial charge in [-0.15, -0.1) is 11.3 Å². The van der Waals surface area contributed by atoms with Gasteiger partial charge in [-0.2, -0.15) is 0 Å². The van der Waals surface area contributed by atoms with Gasteiger partial charge in [0, 0.05) is 17.4 Å². The Kier molecular flexibility index (Phi) is 6.61. The maximum absolute atomic E-state index is 11.0. The van der Waals surface area contributed by atoms with Crippen LogP contribution in [0.3, 0.4) is 0 Å². The van der Waals surface area contributed by atoms with Gasteiger partial charge in [-0.25, -0.2) is 9.78 Å². The number of benzene rings is 3. The number of aromatic nitrogens is 1. The molecule has 1 N–H and O–H groups in total. The van der Waals surface area contributed by atoms with Crippen LogP contribution in [0.25, 0.3) is 11.3 Å². The SMILES string of the molecule is CC(C)(C)c1ccc(COc2ccc(-c3csc(Cc4ccc(C(=O)O)cc4)n3)cc2)cc1. The molecule has 0 aliphatic heterocycles. The second-order valence-corrected chi connectivity index (χ2v) is 10.0. The average molecular weight is 458 g/mol. The van der Waals surface area contributed by atoms with Gasteiger partial charge < -0.3 is 9.84 Å². The Bertz CT molecular complexity index is 1220. The Morgan fingerprint density at radius 3 is 2.15 bits per heavy atom. The number of carboxylic acids is 1. The van der Waals surface area contributed by atoms with Gasteiger partial charge in [0.05, 0.1) is 16.3 Å². The van der Waals surface area contributed by atoms with E-state index in [1.54, 1.807) is 23.5 Å². The fourth-order valence-corrected chi connectivity index (χ4v) is 4.29. The lowest BCUT2D eigenvalue weighted by Crippen LogP contribution is -2.10. The normalized spacial score (nSPS) is 11.4. The molecule has 0 radical (unpaired) electrons. The number of hydrogen-bond acceptors (Lipinski definition) is 4. The number of rotatable bonds is 7. The number of carboxylic acid groups (broad SMARTS) is 1. The van der Waals surface area contributed by atoms with Crippen LogP contribution in [0.1, 0.15) is 52.8 Å². The lowest BCUT2D eigenvalue weighted by molar-refractivity contribution is 0.0697. The van der Waals surface area contributed by atoms with E-state index in [-0.39, 0.29) is 5.41 Å². The molecule has 5 heteroatoms. The van der Waals surface area contributed by atoms with Gasteiger partial charge in [0.25, 0.3) is 0 Å². The molecule has 0 spiro atoms. The van der Waals surface area contributed by atoms with Crippen molar-refractivity contribution in [2.45, 2.75) is 39.2 Å². The van der Waals surface area contributed by atoms with E-state index in [1.165, 1.54) is 5.56 Å². The topological polar surface area (TPSA) is 59.4 Å². The number of hydrogen-bond donors (Lipinski definition) is 1. The summed E-state index contributed by atoms with van der Waals surface area (Å²) in [6.07, 6.45) is 0.680. The van der Waals surface area contributed by atoms with Crippen molar-refractivity contribution in [3.05, 3.63) is 105 Å². The summed E-state index contributed by atoms with van der Waals surface area (Å²) in [5, 5.41) is 12.1. The summed E-state index contributed by atoms with van der Waals surface area (Å²) >= 11 is 1.61. The first-order chi connectivity index (χ1) is 15.8. The van der Waals surface area contributed by atoms with E-state index in [0.717, 1.165) is 33.1 Å². The average Bonchev–Trinajstić information content (AvgIpc) is 3.26. The van der Waals surface area contributed by atoms with Crippen LogP contribution in [-0.2, 0) is 18.4 Å². The first-order valence-electron chi connectivity index (χ1n) is 10.9. The summed E-state index contributed by atoms with van der Waals surface area (Å²) in [4.78, 5) is 15.7. The number of ether oxygens (including phenoxy) is 1. The molecule has 4 rings (SSSR count). The minimum atomic E-state index is -0.913. The highest BCUT2D eigenvalue weighted by Gasteiger charge is 2.13. The third kappa shape index (κ3) is 5.88. The maximum atomic E-state index is 11.0. The summed E-state index contributed by atoms with van der Waals surface area (Å²) in [6, 6.07) is 23.5. The van der Waals surface area contributed by atoms with E-state index in [0.29, 0.717) is 18.6 Å². The molecule has 0 amide bonds. The van der Waals surface area contributed by atoms with Gasteiger partial charge in [0.1, 0.15) is 12.4 Å². The van der Waals surface area contributed by atoms with Gasteiger partial charge in [-0.1, -0.05) is 57.2 Å². The van der Waals surface area contributed by atoms with E-state index in [1.807, 2.05) is 41.8 Å². The first-order valence-corrected chi connectivity index (χ1v) is 11.8. The van der Waals surface area contributed by atoms with Crippen molar-refractivity contribution in [2.75, 3.05) is 0 Å². The summed E-state index contributed by atoms with van der Waals surface area (Å²) in [7, 11) is 0. The molecule has 0 saturated heterocycles.